The molecule has 0 aromatic carbocycles. The molecule has 0 unspecified atom stereocenters. The Morgan fingerprint density at radius 2 is 2.38 bits per heavy atom. The number of nitrogens with zero attached hydrogens (tertiary/aromatic N) is 1. The van der Waals surface area contributed by atoms with E-state index in [0.717, 1.165) is 13.0 Å². The number of nitrogens with one attached hydrogen (secondary N) is 1. The first-order valence-corrected chi connectivity index (χ1v) is 4.62. The zero-order valence-electron chi connectivity index (χ0n) is 8.21. The molecule has 0 bridgehead atoms. The fourth-order valence-corrected chi connectivity index (χ4v) is 1.34. The van der Waals surface area contributed by atoms with Gasteiger partial charge in [0.2, 0.25) is 5.91 Å². The fraction of sp³-hybridized carbons (Fsp3) is 0.500. The van der Waals surface area contributed by atoms with Crippen LogP contribution >= 0.6 is 0 Å². The summed E-state index contributed by atoms with van der Waals surface area (Å²) < 4.78 is 2.16. The highest BCUT2D eigenvalue weighted by Gasteiger charge is 1.97. The van der Waals surface area contributed by atoms with Gasteiger partial charge in [0.25, 0.3) is 0 Å². The molecule has 0 atom stereocenters. The first-order chi connectivity index (χ1) is 6.24. The van der Waals surface area contributed by atoms with Gasteiger partial charge < -0.3 is 9.88 Å². The molecule has 1 amide bonds. The summed E-state index contributed by atoms with van der Waals surface area (Å²) in [4.78, 5) is 10.6. The van der Waals surface area contributed by atoms with E-state index < -0.39 is 0 Å². The zero-order valence-corrected chi connectivity index (χ0v) is 8.21. The van der Waals surface area contributed by atoms with Gasteiger partial charge in [0.15, 0.2) is 0 Å². The quantitative estimate of drug-likeness (QED) is 0.742. The van der Waals surface area contributed by atoms with Crippen molar-refractivity contribution in [1.82, 2.24) is 9.88 Å². The summed E-state index contributed by atoms with van der Waals surface area (Å²) in [7, 11) is 0. The second-order valence-corrected chi connectivity index (χ2v) is 3.03. The Morgan fingerprint density at radius 3 is 3.00 bits per heavy atom. The van der Waals surface area contributed by atoms with Crippen LogP contribution in [0.4, 0.5) is 0 Å². The van der Waals surface area contributed by atoms with Gasteiger partial charge in [-0.15, -0.1) is 0 Å². The van der Waals surface area contributed by atoms with Gasteiger partial charge in [0.1, 0.15) is 0 Å². The van der Waals surface area contributed by atoms with Gasteiger partial charge in [-0.1, -0.05) is 6.92 Å². The van der Waals surface area contributed by atoms with Crippen molar-refractivity contribution in [2.45, 2.75) is 26.8 Å². The van der Waals surface area contributed by atoms with Crippen LogP contribution in [0.3, 0.4) is 0 Å². The Labute approximate surface area is 78.8 Å². The van der Waals surface area contributed by atoms with E-state index in [-0.39, 0.29) is 5.91 Å². The molecule has 1 heterocycles. The van der Waals surface area contributed by atoms with Crippen LogP contribution in [0.5, 0.6) is 0 Å². The van der Waals surface area contributed by atoms with Crippen LogP contribution in [0.2, 0.25) is 0 Å². The van der Waals surface area contributed by atoms with E-state index in [0.29, 0.717) is 6.54 Å². The molecule has 1 rings (SSSR count). The zero-order chi connectivity index (χ0) is 9.68. The first-order valence-electron chi connectivity index (χ1n) is 4.62. The summed E-state index contributed by atoms with van der Waals surface area (Å²) in [6, 6.07) is 4.14. The number of amides is 1. The van der Waals surface area contributed by atoms with E-state index in [4.69, 9.17) is 0 Å². The molecular formula is C10H16N2O. The van der Waals surface area contributed by atoms with Crippen molar-refractivity contribution in [2.75, 3.05) is 6.54 Å². The maximum absolute atomic E-state index is 10.6. The smallest absolute Gasteiger partial charge is 0.216 e. The van der Waals surface area contributed by atoms with Gasteiger partial charge in [0.05, 0.1) is 0 Å². The minimum atomic E-state index is 0.0326. The van der Waals surface area contributed by atoms with Crippen molar-refractivity contribution in [1.29, 1.82) is 0 Å². The van der Waals surface area contributed by atoms with Crippen LogP contribution in [0.15, 0.2) is 18.3 Å². The van der Waals surface area contributed by atoms with Crippen LogP contribution in [-0.2, 0) is 17.8 Å². The lowest BCUT2D eigenvalue weighted by Crippen LogP contribution is -2.24. The normalized spacial score (nSPS) is 10.0. The molecule has 1 aromatic heterocycles. The minimum Gasteiger partial charge on any atom is -0.355 e. The van der Waals surface area contributed by atoms with E-state index in [1.165, 1.54) is 12.6 Å². The Kier molecular flexibility index (Phi) is 3.55. The Morgan fingerprint density at radius 1 is 1.62 bits per heavy atom. The number of rotatable bonds is 4. The molecular weight excluding hydrogens is 164 g/mol. The van der Waals surface area contributed by atoms with Crippen LogP contribution in [-0.4, -0.2) is 17.0 Å². The molecule has 0 radical (unpaired) electrons. The van der Waals surface area contributed by atoms with Crippen LogP contribution in [0, 0.1) is 0 Å². The molecule has 3 heteroatoms. The molecule has 0 saturated heterocycles. The highest BCUT2D eigenvalue weighted by Crippen LogP contribution is 2.01. The van der Waals surface area contributed by atoms with Crippen molar-refractivity contribution in [3.8, 4) is 0 Å². The summed E-state index contributed by atoms with van der Waals surface area (Å²) >= 11 is 0. The second-order valence-electron chi connectivity index (χ2n) is 3.03. The number of carbonyl (C=O) groups is 1. The molecule has 1 N–H and O–H groups in total. The van der Waals surface area contributed by atoms with E-state index in [1.54, 1.807) is 0 Å². The number of aromatic nitrogens is 1. The lowest BCUT2D eigenvalue weighted by molar-refractivity contribution is -0.118. The SMILES string of the molecule is CCc1cccn1CCNC(C)=O. The molecule has 0 aliphatic rings. The van der Waals surface area contributed by atoms with Crippen molar-refractivity contribution in [2.24, 2.45) is 0 Å². The van der Waals surface area contributed by atoms with Gasteiger partial charge in [-0.05, 0) is 18.6 Å². The number of hydrogen-bond donors (Lipinski definition) is 1. The topological polar surface area (TPSA) is 34.0 Å². The number of carbonyl (C=O) groups excluding carboxylic acids is 1. The minimum absolute atomic E-state index is 0.0326. The lowest BCUT2D eigenvalue weighted by atomic mass is 10.3. The molecule has 72 valence electrons. The third-order valence-corrected chi connectivity index (χ3v) is 2.01. The summed E-state index contributed by atoms with van der Waals surface area (Å²) in [5, 5.41) is 2.78. The molecule has 1 aromatic rings. The largest absolute Gasteiger partial charge is 0.355 e. The molecule has 13 heavy (non-hydrogen) atoms. The maximum Gasteiger partial charge on any atom is 0.216 e. The van der Waals surface area contributed by atoms with Gasteiger partial charge in [-0.3, -0.25) is 4.79 Å². The predicted molar refractivity (Wildman–Crippen MR) is 52.5 cm³/mol. The van der Waals surface area contributed by atoms with Gasteiger partial charge >= 0.3 is 0 Å². The van der Waals surface area contributed by atoms with Gasteiger partial charge in [0, 0.05) is 31.9 Å². The summed E-state index contributed by atoms with van der Waals surface area (Å²) in [6.07, 6.45) is 3.08. The molecule has 0 spiro atoms. The Hall–Kier alpha value is -1.25. The van der Waals surface area contributed by atoms with Gasteiger partial charge in [-0.2, -0.15) is 0 Å². The molecule has 0 aliphatic carbocycles. The molecule has 3 nitrogen and oxygen atoms in total. The van der Waals surface area contributed by atoms with E-state index in [2.05, 4.69) is 22.9 Å². The monoisotopic (exact) mass is 180 g/mol. The van der Waals surface area contributed by atoms with Crippen molar-refractivity contribution < 1.29 is 4.79 Å². The van der Waals surface area contributed by atoms with Crippen LogP contribution in [0.1, 0.15) is 19.5 Å². The van der Waals surface area contributed by atoms with Crippen molar-refractivity contribution in [3.63, 3.8) is 0 Å². The van der Waals surface area contributed by atoms with Crippen LogP contribution < -0.4 is 5.32 Å². The third kappa shape index (κ3) is 2.93. The highest BCUT2D eigenvalue weighted by atomic mass is 16.1. The van der Waals surface area contributed by atoms with Gasteiger partial charge in [-0.25, -0.2) is 0 Å². The third-order valence-electron chi connectivity index (χ3n) is 2.01. The van der Waals surface area contributed by atoms with Crippen LogP contribution in [0.25, 0.3) is 0 Å². The van der Waals surface area contributed by atoms with E-state index >= 15 is 0 Å². The summed E-state index contributed by atoms with van der Waals surface area (Å²) in [5.41, 5.74) is 1.31. The van der Waals surface area contributed by atoms with Crippen molar-refractivity contribution >= 4 is 5.91 Å². The lowest BCUT2D eigenvalue weighted by Gasteiger charge is -2.07. The van der Waals surface area contributed by atoms with E-state index in [1.807, 2.05) is 12.3 Å². The predicted octanol–water partition coefficient (Wildman–Crippen LogP) is 1.19. The summed E-state index contributed by atoms with van der Waals surface area (Å²) in [5.74, 6) is 0.0326. The Bertz CT molecular complexity index is 278. The van der Waals surface area contributed by atoms with E-state index in [9.17, 15) is 4.79 Å². The van der Waals surface area contributed by atoms with Crippen molar-refractivity contribution in [3.05, 3.63) is 24.0 Å². The average molecular weight is 180 g/mol. The number of hydrogen-bond acceptors (Lipinski definition) is 1. The molecule has 0 fully saturated rings. The first kappa shape index (κ1) is 9.84. The highest BCUT2D eigenvalue weighted by molar-refractivity contribution is 5.72. The molecule has 0 saturated carbocycles. The standard InChI is InChI=1S/C10H16N2O/c1-3-10-5-4-7-12(10)8-6-11-9(2)13/h4-5,7H,3,6,8H2,1-2H3,(H,11,13). The average Bonchev–Trinajstić information content (AvgIpc) is 2.51. The maximum atomic E-state index is 10.6. The molecule has 0 aliphatic heterocycles. The number of aryl methyl sites for hydroxylation is 1. The summed E-state index contributed by atoms with van der Waals surface area (Å²) in [6.45, 7) is 5.23. The fourth-order valence-electron chi connectivity index (χ4n) is 1.34. The second kappa shape index (κ2) is 4.70. The Balaban J connectivity index is 2.40.